The van der Waals surface area contributed by atoms with E-state index in [1.165, 1.54) is 0 Å². The topological polar surface area (TPSA) is 72.6 Å². The second kappa shape index (κ2) is 7.82. The van der Waals surface area contributed by atoms with Crippen LogP contribution in [-0.2, 0) is 16.0 Å². The van der Waals surface area contributed by atoms with Crippen molar-refractivity contribution in [3.8, 4) is 5.75 Å². The van der Waals surface area contributed by atoms with Gasteiger partial charge in [-0.2, -0.15) is 0 Å². The summed E-state index contributed by atoms with van der Waals surface area (Å²) in [6.45, 7) is 0.0338. The zero-order valence-corrected chi connectivity index (χ0v) is 13.1. The van der Waals surface area contributed by atoms with E-state index in [0.29, 0.717) is 12.8 Å². The minimum absolute atomic E-state index is 0.0153. The SMILES string of the molecule is COc1ccc(CCC(=O)N(CC(N)=O)C2CCCC2)cc1. The van der Waals surface area contributed by atoms with Crippen LogP contribution < -0.4 is 10.5 Å². The Hall–Kier alpha value is -2.04. The molecule has 5 heteroatoms. The fourth-order valence-corrected chi connectivity index (χ4v) is 2.99. The van der Waals surface area contributed by atoms with Gasteiger partial charge in [-0.3, -0.25) is 9.59 Å². The number of rotatable bonds is 7. The number of primary amides is 1. The molecule has 5 nitrogen and oxygen atoms in total. The summed E-state index contributed by atoms with van der Waals surface area (Å²) in [6, 6.07) is 7.87. The minimum atomic E-state index is -0.440. The smallest absolute Gasteiger partial charge is 0.237 e. The van der Waals surface area contributed by atoms with Crippen LogP contribution in [0.25, 0.3) is 0 Å². The van der Waals surface area contributed by atoms with Crippen molar-refractivity contribution in [2.24, 2.45) is 5.73 Å². The molecular weight excluding hydrogens is 280 g/mol. The number of methoxy groups -OCH3 is 1. The predicted molar refractivity (Wildman–Crippen MR) is 84.5 cm³/mol. The fraction of sp³-hybridized carbons (Fsp3) is 0.529. The molecule has 0 radical (unpaired) electrons. The van der Waals surface area contributed by atoms with E-state index < -0.39 is 5.91 Å². The number of carbonyl (C=O) groups excluding carboxylic acids is 2. The molecule has 0 bridgehead atoms. The van der Waals surface area contributed by atoms with Gasteiger partial charge < -0.3 is 15.4 Å². The predicted octanol–water partition coefficient (Wildman–Crippen LogP) is 1.88. The van der Waals surface area contributed by atoms with Crippen LogP contribution in [0.1, 0.15) is 37.7 Å². The van der Waals surface area contributed by atoms with Crippen molar-refractivity contribution in [3.05, 3.63) is 29.8 Å². The molecule has 0 unspecified atom stereocenters. The third kappa shape index (κ3) is 4.48. The normalized spacial score (nSPS) is 14.8. The van der Waals surface area contributed by atoms with Crippen LogP contribution in [0.3, 0.4) is 0 Å². The summed E-state index contributed by atoms with van der Waals surface area (Å²) in [7, 11) is 1.63. The lowest BCUT2D eigenvalue weighted by molar-refractivity contribution is -0.137. The van der Waals surface area contributed by atoms with Crippen molar-refractivity contribution in [1.82, 2.24) is 4.90 Å². The lowest BCUT2D eigenvalue weighted by Gasteiger charge is -2.27. The number of benzene rings is 1. The highest BCUT2D eigenvalue weighted by Gasteiger charge is 2.27. The molecular formula is C17H24N2O3. The first-order valence-corrected chi connectivity index (χ1v) is 7.81. The summed E-state index contributed by atoms with van der Waals surface area (Å²) in [5.41, 5.74) is 6.37. The molecule has 120 valence electrons. The summed E-state index contributed by atoms with van der Waals surface area (Å²) in [5.74, 6) is 0.377. The third-order valence-corrected chi connectivity index (χ3v) is 4.20. The van der Waals surface area contributed by atoms with Gasteiger partial charge in [0, 0.05) is 12.5 Å². The summed E-state index contributed by atoms with van der Waals surface area (Å²) < 4.78 is 5.12. The summed E-state index contributed by atoms with van der Waals surface area (Å²) >= 11 is 0. The summed E-state index contributed by atoms with van der Waals surface area (Å²) in [4.78, 5) is 25.4. The Kier molecular flexibility index (Phi) is 5.81. The first-order valence-electron chi connectivity index (χ1n) is 7.81. The van der Waals surface area contributed by atoms with Gasteiger partial charge in [0.15, 0.2) is 0 Å². The van der Waals surface area contributed by atoms with Gasteiger partial charge in [-0.15, -0.1) is 0 Å². The van der Waals surface area contributed by atoms with Crippen molar-refractivity contribution in [3.63, 3.8) is 0 Å². The maximum Gasteiger partial charge on any atom is 0.237 e. The molecule has 1 aromatic rings. The van der Waals surface area contributed by atoms with E-state index in [0.717, 1.165) is 37.0 Å². The quantitative estimate of drug-likeness (QED) is 0.836. The molecule has 2 rings (SSSR count). The zero-order valence-electron chi connectivity index (χ0n) is 13.1. The van der Waals surface area contributed by atoms with Crippen molar-refractivity contribution < 1.29 is 14.3 Å². The monoisotopic (exact) mass is 304 g/mol. The van der Waals surface area contributed by atoms with E-state index >= 15 is 0 Å². The van der Waals surface area contributed by atoms with Gasteiger partial charge in [0.2, 0.25) is 11.8 Å². The lowest BCUT2D eigenvalue weighted by Crippen LogP contribution is -2.44. The van der Waals surface area contributed by atoms with Crippen LogP contribution in [0.15, 0.2) is 24.3 Å². The largest absolute Gasteiger partial charge is 0.497 e. The van der Waals surface area contributed by atoms with Crippen molar-refractivity contribution in [2.75, 3.05) is 13.7 Å². The van der Waals surface area contributed by atoms with Crippen LogP contribution in [0.4, 0.5) is 0 Å². The van der Waals surface area contributed by atoms with Crippen LogP contribution in [-0.4, -0.2) is 36.4 Å². The molecule has 0 aromatic heterocycles. The summed E-state index contributed by atoms with van der Waals surface area (Å²) in [6.07, 6.45) is 5.24. The third-order valence-electron chi connectivity index (χ3n) is 4.20. The second-order valence-corrected chi connectivity index (χ2v) is 5.77. The van der Waals surface area contributed by atoms with Gasteiger partial charge in [0.1, 0.15) is 5.75 Å². The Morgan fingerprint density at radius 2 is 1.86 bits per heavy atom. The van der Waals surface area contributed by atoms with Gasteiger partial charge in [-0.05, 0) is 37.0 Å². The fourth-order valence-electron chi connectivity index (χ4n) is 2.99. The number of nitrogens with zero attached hydrogens (tertiary/aromatic N) is 1. The Bertz CT molecular complexity index is 507. The van der Waals surface area contributed by atoms with Gasteiger partial charge in [-0.25, -0.2) is 0 Å². The number of hydrogen-bond donors (Lipinski definition) is 1. The molecule has 1 saturated carbocycles. The Labute approximate surface area is 131 Å². The van der Waals surface area contributed by atoms with E-state index in [1.54, 1.807) is 12.0 Å². The van der Waals surface area contributed by atoms with E-state index in [1.807, 2.05) is 24.3 Å². The number of nitrogens with two attached hydrogens (primary N) is 1. The lowest BCUT2D eigenvalue weighted by atomic mass is 10.1. The van der Waals surface area contributed by atoms with Crippen molar-refractivity contribution >= 4 is 11.8 Å². The second-order valence-electron chi connectivity index (χ2n) is 5.77. The molecule has 0 atom stereocenters. The van der Waals surface area contributed by atoms with Crippen LogP contribution in [0, 0.1) is 0 Å². The van der Waals surface area contributed by atoms with Crippen molar-refractivity contribution in [1.29, 1.82) is 0 Å². The van der Waals surface area contributed by atoms with Gasteiger partial charge in [-0.1, -0.05) is 25.0 Å². The zero-order chi connectivity index (χ0) is 15.9. The first kappa shape index (κ1) is 16.3. The standard InChI is InChI=1S/C17H24N2O3/c1-22-15-9-6-13(7-10-15)8-11-17(21)19(12-16(18)20)14-4-2-3-5-14/h6-7,9-10,14H,2-5,8,11-12H2,1H3,(H2,18,20). The number of hydrogen-bond acceptors (Lipinski definition) is 3. The maximum atomic E-state index is 12.5. The van der Waals surface area contributed by atoms with Gasteiger partial charge in [0.25, 0.3) is 0 Å². The van der Waals surface area contributed by atoms with E-state index in [9.17, 15) is 9.59 Å². The average Bonchev–Trinajstić information content (AvgIpc) is 3.04. The molecule has 0 saturated heterocycles. The minimum Gasteiger partial charge on any atom is -0.497 e. The molecule has 1 aliphatic carbocycles. The van der Waals surface area contributed by atoms with E-state index in [2.05, 4.69) is 0 Å². The molecule has 0 aliphatic heterocycles. The number of amides is 2. The molecule has 1 aliphatic rings. The van der Waals surface area contributed by atoms with E-state index in [4.69, 9.17) is 10.5 Å². The van der Waals surface area contributed by atoms with E-state index in [-0.39, 0.29) is 18.5 Å². The van der Waals surface area contributed by atoms with Gasteiger partial charge >= 0.3 is 0 Å². The Morgan fingerprint density at radius 1 is 1.23 bits per heavy atom. The molecule has 0 heterocycles. The van der Waals surface area contributed by atoms with Crippen LogP contribution >= 0.6 is 0 Å². The van der Waals surface area contributed by atoms with Crippen LogP contribution in [0.2, 0.25) is 0 Å². The van der Waals surface area contributed by atoms with Crippen molar-refractivity contribution in [2.45, 2.75) is 44.6 Å². The maximum absolute atomic E-state index is 12.5. The molecule has 0 spiro atoms. The highest BCUT2D eigenvalue weighted by atomic mass is 16.5. The Balaban J connectivity index is 1.93. The molecule has 2 amide bonds. The Morgan fingerprint density at radius 3 is 2.41 bits per heavy atom. The molecule has 1 aromatic carbocycles. The highest BCUT2D eigenvalue weighted by molar-refractivity contribution is 5.84. The van der Waals surface area contributed by atoms with Crippen LogP contribution in [0.5, 0.6) is 5.75 Å². The molecule has 1 fully saturated rings. The average molecular weight is 304 g/mol. The number of ether oxygens (including phenoxy) is 1. The summed E-state index contributed by atoms with van der Waals surface area (Å²) in [5, 5.41) is 0. The van der Waals surface area contributed by atoms with Gasteiger partial charge in [0.05, 0.1) is 13.7 Å². The number of carbonyl (C=O) groups is 2. The number of aryl methyl sites for hydroxylation is 1. The molecule has 22 heavy (non-hydrogen) atoms. The first-order chi connectivity index (χ1) is 10.6. The highest BCUT2D eigenvalue weighted by Crippen LogP contribution is 2.24. The molecule has 2 N–H and O–H groups in total.